The lowest BCUT2D eigenvalue weighted by Crippen LogP contribution is -2.31. The predicted octanol–water partition coefficient (Wildman–Crippen LogP) is 3.07. The van der Waals surface area contributed by atoms with Crippen LogP contribution in [0.1, 0.15) is 39.5 Å². The van der Waals surface area contributed by atoms with E-state index in [2.05, 4.69) is 30.6 Å². The summed E-state index contributed by atoms with van der Waals surface area (Å²) in [5.41, 5.74) is -0.731. The summed E-state index contributed by atoms with van der Waals surface area (Å²) in [7, 11) is 0. The molecule has 0 saturated carbocycles. The first-order valence-corrected chi connectivity index (χ1v) is 8.83. The van der Waals surface area contributed by atoms with Crippen LogP contribution in [0.4, 0.5) is 0 Å². The van der Waals surface area contributed by atoms with E-state index in [1.54, 1.807) is 19.1 Å². The first-order valence-electron chi connectivity index (χ1n) is 8.83. The van der Waals surface area contributed by atoms with Gasteiger partial charge in [0.25, 0.3) is 0 Å². The standard InChI is InChI=1S/C21H24N2O4/c1-4-8-17-13-18(20(25)26-5-2)9-10-19(17)21(14-22,15-23)11-6-7-12-27-16(3)24/h4,10,17-18H,1,5,8-9,11-13H2,2-3H3/t17-,18+/m1/s1. The van der Waals surface area contributed by atoms with Crippen LogP contribution in [0.2, 0.25) is 0 Å². The van der Waals surface area contributed by atoms with Gasteiger partial charge in [-0.05, 0) is 37.7 Å². The Morgan fingerprint density at radius 2 is 2.04 bits per heavy atom. The van der Waals surface area contributed by atoms with Crippen molar-refractivity contribution < 1.29 is 19.1 Å². The molecule has 1 aliphatic rings. The van der Waals surface area contributed by atoms with E-state index < -0.39 is 11.4 Å². The highest BCUT2D eigenvalue weighted by Crippen LogP contribution is 2.43. The minimum atomic E-state index is -1.41. The summed E-state index contributed by atoms with van der Waals surface area (Å²) < 4.78 is 9.84. The minimum absolute atomic E-state index is 0.00478. The summed E-state index contributed by atoms with van der Waals surface area (Å²) in [6.45, 7) is 7.02. The third-order valence-electron chi connectivity index (χ3n) is 4.40. The van der Waals surface area contributed by atoms with Crippen LogP contribution in [0.5, 0.6) is 0 Å². The van der Waals surface area contributed by atoms with Crippen molar-refractivity contribution in [2.75, 3.05) is 13.2 Å². The van der Waals surface area contributed by atoms with Gasteiger partial charge < -0.3 is 9.47 Å². The number of carbonyl (C=O) groups excluding carboxylic acids is 2. The molecule has 0 aromatic rings. The molecule has 0 aromatic carbocycles. The first kappa shape index (κ1) is 22.0. The summed E-state index contributed by atoms with van der Waals surface area (Å²) >= 11 is 0. The van der Waals surface area contributed by atoms with Crippen LogP contribution >= 0.6 is 0 Å². The van der Waals surface area contributed by atoms with E-state index in [-0.39, 0.29) is 30.8 Å². The second kappa shape index (κ2) is 10.8. The van der Waals surface area contributed by atoms with Crippen LogP contribution in [0.15, 0.2) is 24.3 Å². The number of carbonyl (C=O) groups is 2. The number of esters is 2. The average molecular weight is 368 g/mol. The van der Waals surface area contributed by atoms with Gasteiger partial charge in [-0.1, -0.05) is 24.0 Å². The maximum Gasteiger partial charge on any atom is 0.309 e. The van der Waals surface area contributed by atoms with Crippen LogP contribution in [0.3, 0.4) is 0 Å². The second-order valence-electron chi connectivity index (χ2n) is 6.24. The van der Waals surface area contributed by atoms with E-state index in [4.69, 9.17) is 9.47 Å². The number of nitriles is 2. The van der Waals surface area contributed by atoms with E-state index in [1.807, 2.05) is 0 Å². The van der Waals surface area contributed by atoms with Gasteiger partial charge in [0.2, 0.25) is 0 Å². The summed E-state index contributed by atoms with van der Waals surface area (Å²) in [6, 6.07) is 4.20. The van der Waals surface area contributed by atoms with E-state index in [1.165, 1.54) is 6.92 Å². The Balaban J connectivity index is 3.07. The van der Waals surface area contributed by atoms with Gasteiger partial charge in [0.05, 0.1) is 24.7 Å². The Morgan fingerprint density at radius 1 is 1.33 bits per heavy atom. The van der Waals surface area contributed by atoms with Gasteiger partial charge in [-0.3, -0.25) is 9.59 Å². The fraction of sp³-hybridized carbons (Fsp3) is 0.524. The number of ether oxygens (including phenoxy) is 2. The third-order valence-corrected chi connectivity index (χ3v) is 4.40. The molecule has 0 N–H and O–H groups in total. The third kappa shape index (κ3) is 6.01. The Kier molecular flexibility index (Phi) is 8.83. The minimum Gasteiger partial charge on any atom is -0.466 e. The fourth-order valence-electron chi connectivity index (χ4n) is 3.12. The molecule has 0 spiro atoms. The van der Waals surface area contributed by atoms with Crippen molar-refractivity contribution in [3.05, 3.63) is 24.3 Å². The Hall–Kier alpha value is -3.04. The average Bonchev–Trinajstić information content (AvgIpc) is 2.65. The predicted molar refractivity (Wildman–Crippen MR) is 98.4 cm³/mol. The molecule has 0 amide bonds. The molecule has 27 heavy (non-hydrogen) atoms. The molecule has 1 rings (SSSR count). The molecule has 0 unspecified atom stereocenters. The van der Waals surface area contributed by atoms with Crippen molar-refractivity contribution in [3.8, 4) is 24.0 Å². The molecule has 0 saturated heterocycles. The lowest BCUT2D eigenvalue weighted by atomic mass is 9.67. The van der Waals surface area contributed by atoms with Crippen molar-refractivity contribution in [1.82, 2.24) is 0 Å². The summed E-state index contributed by atoms with van der Waals surface area (Å²) in [6.07, 6.45) is 5.01. The van der Waals surface area contributed by atoms with Gasteiger partial charge in [-0.2, -0.15) is 10.5 Å². The number of nitrogens with zero attached hydrogens (tertiary/aromatic N) is 2. The van der Waals surface area contributed by atoms with E-state index in [0.29, 0.717) is 31.4 Å². The molecule has 1 aliphatic carbocycles. The van der Waals surface area contributed by atoms with E-state index in [0.717, 1.165) is 0 Å². The van der Waals surface area contributed by atoms with Gasteiger partial charge >= 0.3 is 11.9 Å². The van der Waals surface area contributed by atoms with E-state index >= 15 is 0 Å². The number of hydrogen-bond donors (Lipinski definition) is 0. The SMILES string of the molecule is C=CC[C@@H]1C[C@@H](C(=O)OCC)CC=C1C(C#N)(C#N)CC#CCOC(C)=O. The van der Waals surface area contributed by atoms with Crippen LogP contribution in [0, 0.1) is 51.8 Å². The first-order chi connectivity index (χ1) is 12.9. The van der Waals surface area contributed by atoms with Crippen molar-refractivity contribution in [1.29, 1.82) is 10.5 Å². The molecule has 2 atom stereocenters. The quantitative estimate of drug-likeness (QED) is 0.389. The van der Waals surface area contributed by atoms with Crippen LogP contribution in [-0.2, 0) is 19.1 Å². The molecule has 6 nitrogen and oxygen atoms in total. The molecule has 0 aromatic heterocycles. The molecular formula is C21H24N2O4. The Labute approximate surface area is 160 Å². The van der Waals surface area contributed by atoms with E-state index in [9.17, 15) is 20.1 Å². The molecular weight excluding hydrogens is 344 g/mol. The number of allylic oxidation sites excluding steroid dienone is 3. The van der Waals surface area contributed by atoms with Gasteiger partial charge in [0.1, 0.15) is 0 Å². The van der Waals surface area contributed by atoms with Gasteiger partial charge in [0, 0.05) is 13.3 Å². The lowest BCUT2D eigenvalue weighted by molar-refractivity contribution is -0.148. The van der Waals surface area contributed by atoms with Crippen LogP contribution in [0.25, 0.3) is 0 Å². The highest BCUT2D eigenvalue weighted by Gasteiger charge is 2.41. The smallest absolute Gasteiger partial charge is 0.309 e. The zero-order valence-corrected chi connectivity index (χ0v) is 15.8. The zero-order chi connectivity index (χ0) is 20.3. The Morgan fingerprint density at radius 3 is 2.59 bits per heavy atom. The highest BCUT2D eigenvalue weighted by atomic mass is 16.5. The maximum atomic E-state index is 12.1. The monoisotopic (exact) mass is 368 g/mol. The summed E-state index contributed by atoms with van der Waals surface area (Å²) in [5, 5.41) is 19.5. The van der Waals surface area contributed by atoms with Crippen LogP contribution < -0.4 is 0 Å². The van der Waals surface area contributed by atoms with Gasteiger partial charge in [-0.15, -0.1) is 6.58 Å². The highest BCUT2D eigenvalue weighted by molar-refractivity contribution is 5.73. The Bertz CT molecular complexity index is 729. The van der Waals surface area contributed by atoms with Crippen molar-refractivity contribution in [2.45, 2.75) is 39.5 Å². The fourth-order valence-corrected chi connectivity index (χ4v) is 3.12. The van der Waals surface area contributed by atoms with Gasteiger partial charge in [0.15, 0.2) is 12.0 Å². The molecule has 0 fully saturated rings. The summed E-state index contributed by atoms with van der Waals surface area (Å²) in [5.74, 6) is 4.28. The summed E-state index contributed by atoms with van der Waals surface area (Å²) in [4.78, 5) is 22.8. The normalized spacial score (nSPS) is 18.6. The molecule has 0 heterocycles. The number of hydrogen-bond acceptors (Lipinski definition) is 6. The largest absolute Gasteiger partial charge is 0.466 e. The molecule has 0 radical (unpaired) electrons. The van der Waals surface area contributed by atoms with Crippen molar-refractivity contribution in [3.63, 3.8) is 0 Å². The lowest BCUT2D eigenvalue weighted by Gasteiger charge is -2.33. The topological polar surface area (TPSA) is 100 Å². The van der Waals surface area contributed by atoms with Crippen LogP contribution in [-0.4, -0.2) is 25.2 Å². The molecule has 6 heteroatoms. The van der Waals surface area contributed by atoms with Crippen molar-refractivity contribution >= 4 is 11.9 Å². The maximum absolute atomic E-state index is 12.1. The second-order valence-corrected chi connectivity index (χ2v) is 6.24. The van der Waals surface area contributed by atoms with Crippen molar-refractivity contribution in [2.24, 2.45) is 17.3 Å². The molecule has 0 aliphatic heterocycles. The van der Waals surface area contributed by atoms with Gasteiger partial charge in [-0.25, -0.2) is 0 Å². The molecule has 142 valence electrons. The number of rotatable bonds is 7. The zero-order valence-electron chi connectivity index (χ0n) is 15.8. The molecule has 0 bridgehead atoms.